The van der Waals surface area contributed by atoms with Crippen LogP contribution in [0.4, 0.5) is 5.69 Å². The molecule has 1 aromatic heterocycles. The van der Waals surface area contributed by atoms with E-state index in [1.807, 2.05) is 11.0 Å². The number of nitrogens with zero attached hydrogens (tertiary/aromatic N) is 3. The van der Waals surface area contributed by atoms with Crippen molar-refractivity contribution in [3.8, 4) is 0 Å². The molecule has 2 aliphatic heterocycles. The second-order valence-corrected chi connectivity index (χ2v) is 7.95. The Morgan fingerprint density at radius 2 is 1.88 bits per heavy atom. The first-order chi connectivity index (χ1) is 12.5. The van der Waals surface area contributed by atoms with Gasteiger partial charge in [-0.25, -0.2) is 0 Å². The zero-order valence-corrected chi connectivity index (χ0v) is 14.8. The summed E-state index contributed by atoms with van der Waals surface area (Å²) in [5, 5.41) is 2.88. The van der Waals surface area contributed by atoms with Gasteiger partial charge in [0.1, 0.15) is 4.90 Å². The van der Waals surface area contributed by atoms with E-state index >= 15 is 0 Å². The van der Waals surface area contributed by atoms with Gasteiger partial charge in [0, 0.05) is 30.8 Å². The molecule has 1 amide bonds. The lowest BCUT2D eigenvalue weighted by Crippen LogP contribution is -2.41. The molecule has 26 heavy (non-hydrogen) atoms. The van der Waals surface area contributed by atoms with Crippen molar-refractivity contribution in [2.45, 2.75) is 17.7 Å². The fourth-order valence-corrected chi connectivity index (χ4v) is 4.58. The van der Waals surface area contributed by atoms with Gasteiger partial charge in [0.15, 0.2) is 5.84 Å². The second-order valence-electron chi connectivity index (χ2n) is 6.38. The molecule has 0 atom stereocenters. The van der Waals surface area contributed by atoms with Crippen LogP contribution in [0.1, 0.15) is 18.4 Å². The van der Waals surface area contributed by atoms with E-state index in [2.05, 4.69) is 14.7 Å². The van der Waals surface area contributed by atoms with Crippen LogP contribution < -0.4 is 5.32 Å². The van der Waals surface area contributed by atoms with Crippen LogP contribution in [-0.4, -0.2) is 43.1 Å². The van der Waals surface area contributed by atoms with Crippen LogP contribution in [0.5, 0.6) is 0 Å². The van der Waals surface area contributed by atoms with Crippen molar-refractivity contribution in [3.05, 3.63) is 54.4 Å². The molecule has 3 heterocycles. The summed E-state index contributed by atoms with van der Waals surface area (Å²) >= 11 is 0. The van der Waals surface area contributed by atoms with Gasteiger partial charge in [-0.05, 0) is 37.1 Å². The van der Waals surface area contributed by atoms with E-state index < -0.39 is 10.0 Å². The number of amidine groups is 1. The van der Waals surface area contributed by atoms with Gasteiger partial charge in [-0.3, -0.25) is 9.78 Å². The number of piperidine rings is 1. The number of aromatic nitrogens is 1. The first-order valence-corrected chi connectivity index (χ1v) is 9.89. The normalized spacial score (nSPS) is 18.9. The Morgan fingerprint density at radius 1 is 1.12 bits per heavy atom. The molecule has 1 aromatic carbocycles. The first-order valence-electron chi connectivity index (χ1n) is 8.45. The minimum absolute atomic E-state index is 0.0287. The molecule has 1 saturated heterocycles. The van der Waals surface area contributed by atoms with E-state index in [4.69, 9.17) is 0 Å². The molecule has 1 fully saturated rings. The molecule has 134 valence electrons. The fraction of sp³-hybridized carbons (Fsp3) is 0.278. The van der Waals surface area contributed by atoms with Crippen molar-refractivity contribution < 1.29 is 13.2 Å². The van der Waals surface area contributed by atoms with Crippen molar-refractivity contribution in [3.63, 3.8) is 0 Å². The Labute approximate surface area is 151 Å². The number of benzene rings is 1. The van der Waals surface area contributed by atoms with Gasteiger partial charge in [-0.15, -0.1) is 4.40 Å². The maximum Gasteiger partial charge on any atom is 0.285 e. The fourth-order valence-electron chi connectivity index (χ4n) is 3.35. The number of likely N-dealkylation sites (tertiary alicyclic amines) is 1. The highest BCUT2D eigenvalue weighted by Gasteiger charge is 2.34. The average Bonchev–Trinajstić information content (AvgIpc) is 2.94. The van der Waals surface area contributed by atoms with E-state index in [0.29, 0.717) is 43.0 Å². The highest BCUT2D eigenvalue weighted by Crippen LogP contribution is 2.29. The molecule has 0 radical (unpaired) electrons. The summed E-state index contributed by atoms with van der Waals surface area (Å²) in [7, 11) is -3.61. The molecule has 0 saturated carbocycles. The number of hydrogen-bond acceptors (Lipinski definition) is 5. The predicted molar refractivity (Wildman–Crippen MR) is 97.3 cm³/mol. The molecule has 7 nitrogen and oxygen atoms in total. The minimum Gasteiger partial charge on any atom is -0.355 e. The average molecular weight is 370 g/mol. The van der Waals surface area contributed by atoms with Crippen LogP contribution in [0.15, 0.2) is 58.1 Å². The first kappa shape index (κ1) is 16.7. The predicted octanol–water partition coefficient (Wildman–Crippen LogP) is 1.88. The molecule has 1 N–H and O–H groups in total. The van der Waals surface area contributed by atoms with Gasteiger partial charge < -0.3 is 10.2 Å². The van der Waals surface area contributed by atoms with E-state index in [1.165, 1.54) is 0 Å². The van der Waals surface area contributed by atoms with Crippen molar-refractivity contribution in [2.75, 3.05) is 18.4 Å². The zero-order valence-electron chi connectivity index (χ0n) is 14.0. The van der Waals surface area contributed by atoms with Crippen LogP contribution in [0.3, 0.4) is 0 Å². The van der Waals surface area contributed by atoms with E-state index in [0.717, 1.165) is 0 Å². The largest absolute Gasteiger partial charge is 0.355 e. The number of fused-ring (bicyclic) bond motifs is 1. The third-order valence-corrected chi connectivity index (χ3v) is 6.03. The summed E-state index contributed by atoms with van der Waals surface area (Å²) in [6.45, 7) is 1.18. The van der Waals surface area contributed by atoms with E-state index in [9.17, 15) is 13.2 Å². The Balaban J connectivity index is 1.44. The Morgan fingerprint density at radius 3 is 2.62 bits per heavy atom. The molecule has 2 aromatic rings. The maximum absolute atomic E-state index is 12.4. The van der Waals surface area contributed by atoms with Gasteiger partial charge in [0.25, 0.3) is 10.0 Å². The third-order valence-electron chi connectivity index (χ3n) is 4.71. The van der Waals surface area contributed by atoms with Crippen LogP contribution in [0.2, 0.25) is 0 Å². The summed E-state index contributed by atoms with van der Waals surface area (Å²) in [5.74, 6) is 0.353. The third kappa shape index (κ3) is 3.08. The number of carbonyl (C=O) groups excluding carboxylic acids is 1. The summed E-state index contributed by atoms with van der Waals surface area (Å²) < 4.78 is 28.4. The van der Waals surface area contributed by atoms with Gasteiger partial charge in [0.2, 0.25) is 5.91 Å². The number of rotatable bonds is 2. The summed E-state index contributed by atoms with van der Waals surface area (Å²) in [4.78, 5) is 18.6. The molecular formula is C18H18N4O3S. The number of nitrogens with one attached hydrogen (secondary N) is 1. The molecule has 4 rings (SSSR count). The number of hydrogen-bond donors (Lipinski definition) is 1. The minimum atomic E-state index is -3.61. The van der Waals surface area contributed by atoms with Gasteiger partial charge in [-0.2, -0.15) is 8.42 Å². The van der Waals surface area contributed by atoms with Crippen LogP contribution in [-0.2, 0) is 14.8 Å². The number of sulfonamides is 1. The highest BCUT2D eigenvalue weighted by atomic mass is 32.2. The van der Waals surface area contributed by atoms with E-state index in [1.54, 1.807) is 42.7 Å². The molecule has 0 bridgehead atoms. The Bertz CT molecular complexity index is 965. The van der Waals surface area contributed by atoms with Crippen molar-refractivity contribution in [1.29, 1.82) is 0 Å². The molecule has 2 aliphatic rings. The topological polar surface area (TPSA) is 91.7 Å². The summed E-state index contributed by atoms with van der Waals surface area (Å²) in [6, 6.07) is 10.4. The van der Waals surface area contributed by atoms with Crippen LogP contribution in [0.25, 0.3) is 0 Å². The molecule has 0 unspecified atom stereocenters. The SMILES string of the molecule is O=C(Nc1cccnc1)C1CCN(C2=NS(=O)(=O)c3ccccc32)CC1. The zero-order chi connectivity index (χ0) is 18.1. The van der Waals surface area contributed by atoms with Gasteiger partial charge in [-0.1, -0.05) is 12.1 Å². The molecule has 0 aliphatic carbocycles. The molecular weight excluding hydrogens is 352 g/mol. The Kier molecular flexibility index (Phi) is 4.20. The van der Waals surface area contributed by atoms with E-state index in [-0.39, 0.29) is 16.7 Å². The van der Waals surface area contributed by atoms with Gasteiger partial charge in [0.05, 0.1) is 11.9 Å². The van der Waals surface area contributed by atoms with Crippen molar-refractivity contribution in [1.82, 2.24) is 9.88 Å². The number of carbonyl (C=O) groups is 1. The van der Waals surface area contributed by atoms with Crippen LogP contribution >= 0.6 is 0 Å². The lowest BCUT2D eigenvalue weighted by Gasteiger charge is -2.32. The second kappa shape index (κ2) is 6.53. The number of anilines is 1. The number of amides is 1. The summed E-state index contributed by atoms with van der Waals surface area (Å²) in [6.07, 6.45) is 4.56. The number of pyridine rings is 1. The van der Waals surface area contributed by atoms with Crippen molar-refractivity contribution in [2.24, 2.45) is 10.3 Å². The molecule has 0 spiro atoms. The monoisotopic (exact) mass is 370 g/mol. The lowest BCUT2D eigenvalue weighted by molar-refractivity contribution is -0.120. The van der Waals surface area contributed by atoms with Crippen LogP contribution in [0, 0.1) is 5.92 Å². The smallest absolute Gasteiger partial charge is 0.285 e. The highest BCUT2D eigenvalue weighted by molar-refractivity contribution is 7.90. The quantitative estimate of drug-likeness (QED) is 0.871. The standard InChI is InChI=1S/C18H18N4O3S/c23-18(20-14-4-3-9-19-12-14)13-7-10-22(11-8-13)17-15-5-1-2-6-16(15)26(24,25)21-17/h1-6,9,12-13H,7-8,10-11H2,(H,20,23). The maximum atomic E-state index is 12.4. The Hall–Kier alpha value is -2.74. The summed E-state index contributed by atoms with van der Waals surface area (Å²) in [5.41, 5.74) is 1.32. The lowest BCUT2D eigenvalue weighted by atomic mass is 9.95. The molecule has 8 heteroatoms. The van der Waals surface area contributed by atoms with Gasteiger partial charge >= 0.3 is 0 Å². The van der Waals surface area contributed by atoms with Crippen molar-refractivity contribution >= 4 is 27.5 Å².